The van der Waals surface area contributed by atoms with Crippen molar-refractivity contribution in [3.63, 3.8) is 0 Å². The molecule has 0 aliphatic heterocycles. The number of carboxylic acid groups (broad SMARTS) is 1. The third-order valence-corrected chi connectivity index (χ3v) is 2.67. The summed E-state index contributed by atoms with van der Waals surface area (Å²) in [5.41, 5.74) is -0.0274. The number of carbonyl (C=O) groups is 3. The third-order valence-electron chi connectivity index (χ3n) is 2.67. The molecule has 0 spiro atoms. The molecular formula is C15H19NO6. The van der Waals surface area contributed by atoms with E-state index in [0.717, 1.165) is 0 Å². The maximum absolute atomic E-state index is 11.8. The van der Waals surface area contributed by atoms with Gasteiger partial charge in [-0.3, -0.25) is 4.79 Å². The Morgan fingerprint density at radius 2 is 1.77 bits per heavy atom. The number of hydrogen-bond donors (Lipinski definition) is 3. The SMILES string of the molecule is CC(C)(C)OC(=O)N[C@@H](c1ccc(C=O)cc1)[C@@H](O)C(=O)O. The van der Waals surface area contributed by atoms with E-state index in [2.05, 4.69) is 5.32 Å². The number of amides is 1. The molecule has 0 fully saturated rings. The normalized spacial score (nSPS) is 13.8. The Kier molecular flexibility index (Phi) is 5.64. The molecule has 7 heteroatoms. The van der Waals surface area contributed by atoms with E-state index in [4.69, 9.17) is 9.84 Å². The van der Waals surface area contributed by atoms with Crippen LogP contribution in [0.5, 0.6) is 0 Å². The Bertz CT molecular complexity index is 546. The summed E-state index contributed by atoms with van der Waals surface area (Å²) in [6.45, 7) is 4.98. The molecule has 1 amide bonds. The van der Waals surface area contributed by atoms with Crippen LogP contribution < -0.4 is 5.32 Å². The second kappa shape index (κ2) is 7.04. The molecule has 0 aliphatic carbocycles. The van der Waals surface area contributed by atoms with Gasteiger partial charge in [-0.2, -0.15) is 0 Å². The van der Waals surface area contributed by atoms with E-state index in [0.29, 0.717) is 17.4 Å². The van der Waals surface area contributed by atoms with Crippen molar-refractivity contribution in [2.24, 2.45) is 0 Å². The molecule has 1 rings (SSSR count). The lowest BCUT2D eigenvalue weighted by Crippen LogP contribution is -2.42. The van der Waals surface area contributed by atoms with Gasteiger partial charge in [-0.1, -0.05) is 24.3 Å². The van der Waals surface area contributed by atoms with E-state index in [1.54, 1.807) is 20.8 Å². The average Bonchev–Trinajstić information content (AvgIpc) is 2.42. The summed E-state index contributed by atoms with van der Waals surface area (Å²) in [6, 6.07) is 4.63. The summed E-state index contributed by atoms with van der Waals surface area (Å²) >= 11 is 0. The van der Waals surface area contributed by atoms with Crippen LogP contribution >= 0.6 is 0 Å². The van der Waals surface area contributed by atoms with E-state index < -0.39 is 29.8 Å². The lowest BCUT2D eigenvalue weighted by molar-refractivity contribution is -0.148. The standard InChI is InChI=1S/C15H19NO6/c1-15(2,3)22-14(21)16-11(12(18)13(19)20)10-6-4-9(8-17)5-7-10/h4-8,11-12,18H,1-3H3,(H,16,21)(H,19,20)/t11-,12+/m0/s1. The summed E-state index contributed by atoms with van der Waals surface area (Å²) in [6.07, 6.45) is -2.07. The second-order valence-electron chi connectivity index (χ2n) is 5.69. The van der Waals surface area contributed by atoms with Gasteiger partial charge in [0.1, 0.15) is 11.9 Å². The molecule has 0 saturated heterocycles. The van der Waals surface area contributed by atoms with Gasteiger partial charge in [0.05, 0.1) is 6.04 Å². The van der Waals surface area contributed by atoms with Gasteiger partial charge < -0.3 is 20.3 Å². The molecule has 1 aromatic carbocycles. The molecule has 0 heterocycles. The number of aliphatic hydroxyl groups excluding tert-OH is 1. The van der Waals surface area contributed by atoms with Crippen LogP contribution in [-0.4, -0.2) is 40.3 Å². The second-order valence-corrected chi connectivity index (χ2v) is 5.69. The number of nitrogens with one attached hydrogen (secondary N) is 1. The quantitative estimate of drug-likeness (QED) is 0.711. The fourth-order valence-electron chi connectivity index (χ4n) is 1.70. The van der Waals surface area contributed by atoms with Crippen LogP contribution in [0.25, 0.3) is 0 Å². The van der Waals surface area contributed by atoms with Gasteiger partial charge in [0.2, 0.25) is 0 Å². The maximum atomic E-state index is 11.8. The van der Waals surface area contributed by atoms with Crippen LogP contribution in [0.4, 0.5) is 4.79 Å². The smallest absolute Gasteiger partial charge is 0.408 e. The highest BCUT2D eigenvalue weighted by atomic mass is 16.6. The molecule has 0 saturated carbocycles. The third kappa shape index (κ3) is 5.17. The van der Waals surface area contributed by atoms with Gasteiger partial charge in [-0.25, -0.2) is 9.59 Å². The molecule has 0 aromatic heterocycles. The molecular weight excluding hydrogens is 290 g/mol. The first kappa shape index (κ1) is 17.6. The van der Waals surface area contributed by atoms with Crippen molar-refractivity contribution < 1.29 is 29.3 Å². The minimum atomic E-state index is -1.85. The number of alkyl carbamates (subject to hydrolysis) is 1. The van der Waals surface area contributed by atoms with Crippen molar-refractivity contribution in [3.8, 4) is 0 Å². The van der Waals surface area contributed by atoms with Crippen molar-refractivity contribution in [1.29, 1.82) is 0 Å². The molecule has 1 aromatic rings. The van der Waals surface area contributed by atoms with Crippen molar-refractivity contribution in [1.82, 2.24) is 5.32 Å². The molecule has 22 heavy (non-hydrogen) atoms. The highest BCUT2D eigenvalue weighted by Crippen LogP contribution is 2.19. The maximum Gasteiger partial charge on any atom is 0.408 e. The van der Waals surface area contributed by atoms with Gasteiger partial charge in [-0.15, -0.1) is 0 Å². The number of aliphatic carboxylic acids is 1. The van der Waals surface area contributed by atoms with Gasteiger partial charge >= 0.3 is 12.1 Å². The van der Waals surface area contributed by atoms with Gasteiger partial charge in [0, 0.05) is 5.56 Å². The monoisotopic (exact) mass is 309 g/mol. The number of rotatable bonds is 5. The number of aliphatic hydroxyl groups is 1. The van der Waals surface area contributed by atoms with E-state index in [-0.39, 0.29) is 0 Å². The number of carbonyl (C=O) groups excluding carboxylic acids is 2. The van der Waals surface area contributed by atoms with Crippen molar-refractivity contribution >= 4 is 18.3 Å². The predicted octanol–water partition coefficient (Wildman–Crippen LogP) is 1.51. The van der Waals surface area contributed by atoms with Crippen LogP contribution in [0.3, 0.4) is 0 Å². The molecule has 2 atom stereocenters. The minimum absolute atomic E-state index is 0.339. The van der Waals surface area contributed by atoms with Crippen LogP contribution in [0, 0.1) is 0 Å². The zero-order chi connectivity index (χ0) is 16.9. The number of carboxylic acids is 1. The minimum Gasteiger partial charge on any atom is -0.479 e. The Morgan fingerprint density at radius 3 is 2.18 bits per heavy atom. The first-order valence-corrected chi connectivity index (χ1v) is 6.59. The predicted molar refractivity (Wildman–Crippen MR) is 77.6 cm³/mol. The van der Waals surface area contributed by atoms with E-state index in [9.17, 15) is 19.5 Å². The zero-order valence-electron chi connectivity index (χ0n) is 12.6. The molecule has 0 radical (unpaired) electrons. The largest absolute Gasteiger partial charge is 0.479 e. The van der Waals surface area contributed by atoms with E-state index in [1.165, 1.54) is 24.3 Å². The molecule has 7 nitrogen and oxygen atoms in total. The number of hydrogen-bond acceptors (Lipinski definition) is 5. The Morgan fingerprint density at radius 1 is 1.23 bits per heavy atom. The first-order chi connectivity index (χ1) is 10.1. The van der Waals surface area contributed by atoms with Crippen LogP contribution in [-0.2, 0) is 9.53 Å². The van der Waals surface area contributed by atoms with Crippen LogP contribution in [0.15, 0.2) is 24.3 Å². The fourth-order valence-corrected chi connectivity index (χ4v) is 1.70. The number of ether oxygens (including phenoxy) is 1. The van der Waals surface area contributed by atoms with E-state index >= 15 is 0 Å². The first-order valence-electron chi connectivity index (χ1n) is 6.59. The molecule has 3 N–H and O–H groups in total. The van der Waals surface area contributed by atoms with E-state index in [1.807, 2.05) is 0 Å². The number of aldehydes is 1. The van der Waals surface area contributed by atoms with Crippen molar-refractivity contribution in [2.45, 2.75) is 38.5 Å². The lowest BCUT2D eigenvalue weighted by Gasteiger charge is -2.25. The highest BCUT2D eigenvalue weighted by molar-refractivity contribution is 5.77. The van der Waals surface area contributed by atoms with Crippen molar-refractivity contribution in [2.75, 3.05) is 0 Å². The Labute approximate surface area is 127 Å². The lowest BCUT2D eigenvalue weighted by atomic mass is 10.0. The van der Waals surface area contributed by atoms with Gasteiger partial charge in [0.15, 0.2) is 6.10 Å². The zero-order valence-corrected chi connectivity index (χ0v) is 12.6. The number of benzene rings is 1. The summed E-state index contributed by atoms with van der Waals surface area (Å²) in [5.74, 6) is -1.49. The summed E-state index contributed by atoms with van der Waals surface area (Å²) in [4.78, 5) is 33.4. The van der Waals surface area contributed by atoms with Crippen LogP contribution in [0.1, 0.15) is 42.7 Å². The summed E-state index contributed by atoms with van der Waals surface area (Å²) in [5, 5.41) is 21.1. The topological polar surface area (TPSA) is 113 Å². The van der Waals surface area contributed by atoms with Gasteiger partial charge in [0.25, 0.3) is 0 Å². The summed E-state index contributed by atoms with van der Waals surface area (Å²) in [7, 11) is 0. The fraction of sp³-hybridized carbons (Fsp3) is 0.400. The van der Waals surface area contributed by atoms with Gasteiger partial charge in [-0.05, 0) is 26.3 Å². The molecule has 120 valence electrons. The van der Waals surface area contributed by atoms with Crippen LogP contribution in [0.2, 0.25) is 0 Å². The molecule has 0 bridgehead atoms. The average molecular weight is 309 g/mol. The summed E-state index contributed by atoms with van der Waals surface area (Å²) < 4.78 is 5.05. The highest BCUT2D eigenvalue weighted by Gasteiger charge is 2.30. The molecule has 0 unspecified atom stereocenters. The Balaban J connectivity index is 3.00. The molecule has 0 aliphatic rings. The van der Waals surface area contributed by atoms with Crippen molar-refractivity contribution in [3.05, 3.63) is 35.4 Å². The Hall–Kier alpha value is -2.41.